The molecule has 19 heavy (non-hydrogen) atoms. The number of para-hydroxylation sites is 1. The van der Waals surface area contributed by atoms with Crippen LogP contribution in [0.3, 0.4) is 0 Å². The molecule has 2 fully saturated rings. The van der Waals surface area contributed by atoms with Gasteiger partial charge < -0.3 is 15.0 Å². The molecule has 1 aliphatic carbocycles. The molecule has 1 amide bonds. The largest absolute Gasteiger partial charge is 0.378 e. The number of benzene rings is 1. The van der Waals surface area contributed by atoms with E-state index in [-0.39, 0.29) is 11.8 Å². The predicted octanol–water partition coefficient (Wildman–Crippen LogP) is 2.53. The zero-order valence-electron chi connectivity index (χ0n) is 10.7. The zero-order valence-corrected chi connectivity index (χ0v) is 11.4. The highest BCUT2D eigenvalue weighted by molar-refractivity contribution is 6.34. The van der Waals surface area contributed by atoms with Crippen LogP contribution in [0.15, 0.2) is 18.2 Å². The topological polar surface area (TPSA) is 41.6 Å². The van der Waals surface area contributed by atoms with Gasteiger partial charge in [0.25, 0.3) is 0 Å². The third kappa shape index (κ3) is 2.85. The molecule has 102 valence electrons. The molecule has 1 aliphatic heterocycles. The van der Waals surface area contributed by atoms with E-state index in [1.807, 2.05) is 18.2 Å². The molecule has 0 atom stereocenters. The maximum Gasteiger partial charge on any atom is 0.227 e. The molecular weight excluding hydrogens is 264 g/mol. The fourth-order valence-electron chi connectivity index (χ4n) is 2.30. The van der Waals surface area contributed by atoms with Crippen LogP contribution in [0, 0.1) is 5.92 Å². The molecule has 1 N–H and O–H groups in total. The van der Waals surface area contributed by atoms with Crippen LogP contribution < -0.4 is 10.2 Å². The van der Waals surface area contributed by atoms with E-state index in [1.54, 1.807) is 0 Å². The Labute approximate surface area is 117 Å². The van der Waals surface area contributed by atoms with E-state index < -0.39 is 0 Å². The van der Waals surface area contributed by atoms with Crippen molar-refractivity contribution in [3.8, 4) is 0 Å². The van der Waals surface area contributed by atoms with Crippen LogP contribution in [0.2, 0.25) is 5.02 Å². The first-order valence-corrected chi connectivity index (χ1v) is 7.05. The molecule has 4 nitrogen and oxygen atoms in total. The first-order valence-electron chi connectivity index (χ1n) is 6.68. The molecule has 1 saturated heterocycles. The zero-order chi connectivity index (χ0) is 13.2. The van der Waals surface area contributed by atoms with Gasteiger partial charge in [0.15, 0.2) is 0 Å². The van der Waals surface area contributed by atoms with Crippen molar-refractivity contribution in [2.45, 2.75) is 12.8 Å². The van der Waals surface area contributed by atoms with E-state index in [1.165, 1.54) is 0 Å². The van der Waals surface area contributed by atoms with Crippen molar-refractivity contribution >= 4 is 28.9 Å². The van der Waals surface area contributed by atoms with Gasteiger partial charge in [0, 0.05) is 19.0 Å². The second-order valence-corrected chi connectivity index (χ2v) is 5.41. The van der Waals surface area contributed by atoms with Gasteiger partial charge in [-0.15, -0.1) is 0 Å². The summed E-state index contributed by atoms with van der Waals surface area (Å²) in [5.74, 6) is 0.299. The van der Waals surface area contributed by atoms with Crippen LogP contribution in [0.1, 0.15) is 12.8 Å². The number of carbonyl (C=O) groups is 1. The molecular formula is C14H17ClN2O2. The number of anilines is 2. The summed E-state index contributed by atoms with van der Waals surface area (Å²) in [6.45, 7) is 2.99. The fourth-order valence-corrected chi connectivity index (χ4v) is 2.60. The Bertz CT molecular complexity index is 482. The van der Waals surface area contributed by atoms with Gasteiger partial charge in [-0.2, -0.15) is 0 Å². The normalized spacial score (nSPS) is 19.3. The summed E-state index contributed by atoms with van der Waals surface area (Å²) < 4.78 is 5.36. The maximum absolute atomic E-state index is 11.9. The minimum absolute atomic E-state index is 0.108. The number of hydrogen-bond acceptors (Lipinski definition) is 3. The Kier molecular flexibility index (Phi) is 3.62. The minimum Gasteiger partial charge on any atom is -0.378 e. The van der Waals surface area contributed by atoms with Crippen LogP contribution >= 0.6 is 11.6 Å². The van der Waals surface area contributed by atoms with Crippen LogP contribution in [-0.4, -0.2) is 32.2 Å². The van der Waals surface area contributed by atoms with Gasteiger partial charge in [-0.1, -0.05) is 17.7 Å². The Balaban J connectivity index is 1.85. The Hall–Kier alpha value is -1.26. The van der Waals surface area contributed by atoms with Gasteiger partial charge in [-0.3, -0.25) is 4.79 Å². The number of nitrogens with zero attached hydrogens (tertiary/aromatic N) is 1. The molecule has 0 unspecified atom stereocenters. The van der Waals surface area contributed by atoms with Gasteiger partial charge in [0.05, 0.1) is 29.6 Å². The SMILES string of the molecule is O=C(Nc1cccc(Cl)c1N1CCOCC1)C1CC1. The lowest BCUT2D eigenvalue weighted by Crippen LogP contribution is -2.37. The van der Waals surface area contributed by atoms with Crippen LogP contribution in [0.5, 0.6) is 0 Å². The number of carbonyl (C=O) groups excluding carboxylic acids is 1. The molecule has 0 bridgehead atoms. The molecule has 1 aromatic carbocycles. The van der Waals surface area contributed by atoms with E-state index in [0.29, 0.717) is 18.2 Å². The average Bonchev–Trinajstić information content (AvgIpc) is 3.24. The van der Waals surface area contributed by atoms with Crippen molar-refractivity contribution < 1.29 is 9.53 Å². The first kappa shape index (κ1) is 12.8. The lowest BCUT2D eigenvalue weighted by molar-refractivity contribution is -0.117. The van der Waals surface area contributed by atoms with Gasteiger partial charge in [0.1, 0.15) is 0 Å². The summed E-state index contributed by atoms with van der Waals surface area (Å²) in [7, 11) is 0. The van der Waals surface area contributed by atoms with E-state index in [4.69, 9.17) is 16.3 Å². The standard InChI is InChI=1S/C14H17ClN2O2/c15-11-2-1-3-12(16-14(18)10-4-5-10)13(11)17-6-8-19-9-7-17/h1-3,10H,4-9H2,(H,16,18). The predicted molar refractivity (Wildman–Crippen MR) is 75.8 cm³/mol. The number of amides is 1. The third-order valence-electron chi connectivity index (χ3n) is 3.52. The molecule has 0 aromatic heterocycles. The smallest absolute Gasteiger partial charge is 0.227 e. The van der Waals surface area contributed by atoms with E-state index in [2.05, 4.69) is 10.2 Å². The van der Waals surface area contributed by atoms with E-state index in [9.17, 15) is 4.79 Å². The van der Waals surface area contributed by atoms with Crippen molar-refractivity contribution in [3.63, 3.8) is 0 Å². The van der Waals surface area contributed by atoms with Gasteiger partial charge in [0.2, 0.25) is 5.91 Å². The second-order valence-electron chi connectivity index (χ2n) is 5.00. The van der Waals surface area contributed by atoms with Crippen LogP contribution in [-0.2, 0) is 9.53 Å². The highest BCUT2D eigenvalue weighted by Crippen LogP contribution is 2.36. The Morgan fingerprint density at radius 1 is 1.32 bits per heavy atom. The molecule has 1 heterocycles. The summed E-state index contributed by atoms with van der Waals surface area (Å²) in [5.41, 5.74) is 1.73. The van der Waals surface area contributed by atoms with Gasteiger partial charge in [-0.05, 0) is 25.0 Å². The summed E-state index contributed by atoms with van der Waals surface area (Å²) >= 11 is 6.31. The molecule has 1 saturated carbocycles. The second kappa shape index (κ2) is 5.39. The summed E-state index contributed by atoms with van der Waals surface area (Å²) in [5, 5.41) is 3.68. The first-order chi connectivity index (χ1) is 9.25. The van der Waals surface area contributed by atoms with E-state index in [0.717, 1.165) is 37.3 Å². The van der Waals surface area contributed by atoms with Crippen LogP contribution in [0.4, 0.5) is 11.4 Å². The van der Waals surface area contributed by atoms with Gasteiger partial charge >= 0.3 is 0 Å². The van der Waals surface area contributed by atoms with Gasteiger partial charge in [-0.25, -0.2) is 0 Å². The Morgan fingerprint density at radius 3 is 2.74 bits per heavy atom. The summed E-state index contributed by atoms with van der Waals surface area (Å²) in [4.78, 5) is 14.1. The van der Waals surface area contributed by atoms with E-state index >= 15 is 0 Å². The molecule has 0 spiro atoms. The quantitative estimate of drug-likeness (QED) is 0.925. The molecule has 2 aliphatic rings. The number of morpholine rings is 1. The third-order valence-corrected chi connectivity index (χ3v) is 3.83. The average molecular weight is 281 g/mol. The Morgan fingerprint density at radius 2 is 2.05 bits per heavy atom. The number of ether oxygens (including phenoxy) is 1. The molecule has 0 radical (unpaired) electrons. The van der Waals surface area contributed by atoms with Crippen molar-refractivity contribution in [2.75, 3.05) is 36.5 Å². The lowest BCUT2D eigenvalue weighted by Gasteiger charge is -2.31. The van der Waals surface area contributed by atoms with Crippen LogP contribution in [0.25, 0.3) is 0 Å². The number of halogens is 1. The number of nitrogens with one attached hydrogen (secondary N) is 1. The fraction of sp³-hybridized carbons (Fsp3) is 0.500. The highest BCUT2D eigenvalue weighted by Gasteiger charge is 2.30. The summed E-state index contributed by atoms with van der Waals surface area (Å²) in [6, 6.07) is 5.64. The van der Waals surface area contributed by atoms with Crippen molar-refractivity contribution in [3.05, 3.63) is 23.2 Å². The van der Waals surface area contributed by atoms with Crippen molar-refractivity contribution in [1.29, 1.82) is 0 Å². The maximum atomic E-state index is 11.9. The molecule has 5 heteroatoms. The minimum atomic E-state index is 0.108. The van der Waals surface area contributed by atoms with Crippen molar-refractivity contribution in [2.24, 2.45) is 5.92 Å². The lowest BCUT2D eigenvalue weighted by atomic mass is 10.2. The summed E-state index contributed by atoms with van der Waals surface area (Å²) in [6.07, 6.45) is 2.00. The van der Waals surface area contributed by atoms with Crippen molar-refractivity contribution in [1.82, 2.24) is 0 Å². The number of rotatable bonds is 3. The molecule has 1 aromatic rings. The number of hydrogen-bond donors (Lipinski definition) is 1. The molecule has 3 rings (SSSR count). The monoisotopic (exact) mass is 280 g/mol. The highest BCUT2D eigenvalue weighted by atomic mass is 35.5.